The Kier molecular flexibility index (Phi) is 3.63. The Morgan fingerprint density at radius 2 is 1.00 bits per heavy atom. The van der Waals surface area contributed by atoms with Gasteiger partial charge in [0.2, 0.25) is 0 Å². The predicted molar refractivity (Wildman–Crippen MR) is 157 cm³/mol. The zero-order valence-corrected chi connectivity index (χ0v) is 22.8. The Balaban J connectivity index is 1.42. The Bertz CT molecular complexity index is 1430. The molecule has 9 rings (SSSR count). The van der Waals surface area contributed by atoms with Crippen molar-refractivity contribution in [1.29, 1.82) is 0 Å². The minimum Gasteiger partial charge on any atom is -0.335 e. The number of fused-ring (bicyclic) bond motifs is 10. The summed E-state index contributed by atoms with van der Waals surface area (Å²) < 4.78 is 0. The molecular formula is C34H37BN2. The van der Waals surface area contributed by atoms with Crippen LogP contribution in [0.4, 0.5) is 22.7 Å². The molecule has 0 radical (unpaired) electrons. The van der Waals surface area contributed by atoms with Crippen LogP contribution in [-0.4, -0.2) is 17.8 Å². The van der Waals surface area contributed by atoms with Crippen LogP contribution in [0.3, 0.4) is 0 Å². The number of nitrogens with zero attached hydrogens (tertiary/aromatic N) is 2. The van der Waals surface area contributed by atoms with Gasteiger partial charge >= 0.3 is 0 Å². The molecule has 0 saturated heterocycles. The lowest BCUT2D eigenvalue weighted by atomic mass is 9.33. The van der Waals surface area contributed by atoms with E-state index in [0.717, 1.165) is 0 Å². The number of para-hydroxylation sites is 2. The van der Waals surface area contributed by atoms with Gasteiger partial charge in [0.25, 0.3) is 6.71 Å². The first-order valence-corrected chi connectivity index (χ1v) is 14.9. The fourth-order valence-electron chi connectivity index (χ4n) is 10.5. The molecule has 2 saturated carbocycles. The number of hydrogen-bond donors (Lipinski definition) is 0. The van der Waals surface area contributed by atoms with Crippen LogP contribution >= 0.6 is 0 Å². The monoisotopic (exact) mass is 484 g/mol. The molecule has 0 aromatic heterocycles. The minimum atomic E-state index is 0.125. The summed E-state index contributed by atoms with van der Waals surface area (Å²) >= 11 is 0. The standard InChI is InChI=1S/C34H37BN2/c1-31-18-5-7-20-33(31,3)36-26-16-11-17-27-28(26)35(24-14-9-12-22(31)29(24)36)25-15-10-13-23-30(25)37(27)34(4)21-8-6-19-32(23,34)2/h9-17H,5-8,18-21H2,1-4H3. The molecular weight excluding hydrogens is 447 g/mol. The van der Waals surface area contributed by atoms with E-state index in [0.29, 0.717) is 6.71 Å². The first-order valence-electron chi connectivity index (χ1n) is 14.9. The third kappa shape index (κ3) is 2.02. The van der Waals surface area contributed by atoms with Crippen LogP contribution in [0, 0.1) is 0 Å². The molecule has 37 heavy (non-hydrogen) atoms. The molecule has 2 nitrogen and oxygen atoms in total. The van der Waals surface area contributed by atoms with Crippen molar-refractivity contribution < 1.29 is 0 Å². The average molecular weight is 484 g/mol. The van der Waals surface area contributed by atoms with E-state index >= 15 is 0 Å². The zero-order chi connectivity index (χ0) is 24.9. The Morgan fingerprint density at radius 1 is 0.568 bits per heavy atom. The maximum Gasteiger partial charge on any atom is 0.252 e. The van der Waals surface area contributed by atoms with Gasteiger partial charge in [0.15, 0.2) is 0 Å². The van der Waals surface area contributed by atoms with Crippen LogP contribution in [-0.2, 0) is 10.8 Å². The van der Waals surface area contributed by atoms with Gasteiger partial charge in [-0.1, -0.05) is 82.0 Å². The highest BCUT2D eigenvalue weighted by Crippen LogP contribution is 2.64. The molecule has 4 atom stereocenters. The Hall–Kier alpha value is -2.68. The Morgan fingerprint density at radius 3 is 1.49 bits per heavy atom. The molecule has 3 aromatic rings. The quantitative estimate of drug-likeness (QED) is 0.345. The van der Waals surface area contributed by atoms with E-state index in [1.165, 1.54) is 62.7 Å². The van der Waals surface area contributed by atoms with Gasteiger partial charge in [0.05, 0.1) is 11.1 Å². The van der Waals surface area contributed by atoms with Crippen molar-refractivity contribution in [3.05, 3.63) is 65.7 Å². The zero-order valence-electron chi connectivity index (χ0n) is 22.8. The lowest BCUT2D eigenvalue weighted by Crippen LogP contribution is -2.66. The fraction of sp³-hybridized carbons (Fsp3) is 0.471. The van der Waals surface area contributed by atoms with E-state index in [4.69, 9.17) is 0 Å². The van der Waals surface area contributed by atoms with Gasteiger partial charge in [-0.25, -0.2) is 0 Å². The summed E-state index contributed by atoms with van der Waals surface area (Å²) in [6, 6.07) is 21.9. The molecule has 4 aliphatic heterocycles. The molecule has 0 amide bonds. The highest BCUT2D eigenvalue weighted by atomic mass is 15.3. The second-order valence-corrected chi connectivity index (χ2v) is 13.9. The summed E-state index contributed by atoms with van der Waals surface area (Å²) in [6.07, 6.45) is 10.5. The molecule has 2 aliphatic carbocycles. The predicted octanol–water partition coefficient (Wildman–Crippen LogP) is 6.31. The van der Waals surface area contributed by atoms with Gasteiger partial charge in [0.1, 0.15) is 0 Å². The molecule has 0 bridgehead atoms. The van der Waals surface area contributed by atoms with Crippen molar-refractivity contribution in [2.45, 2.75) is 101 Å². The summed E-state index contributed by atoms with van der Waals surface area (Å²) in [6.45, 7) is 10.6. The van der Waals surface area contributed by atoms with Crippen LogP contribution in [0.1, 0.15) is 90.2 Å². The molecule has 6 aliphatic rings. The van der Waals surface area contributed by atoms with E-state index in [1.54, 1.807) is 38.9 Å². The van der Waals surface area contributed by atoms with E-state index < -0.39 is 0 Å². The molecule has 2 fully saturated rings. The molecule has 0 N–H and O–H groups in total. The summed E-state index contributed by atoms with van der Waals surface area (Å²) in [5.41, 5.74) is 14.6. The first kappa shape index (κ1) is 21.3. The fourth-order valence-corrected chi connectivity index (χ4v) is 10.5. The normalized spacial score (nSPS) is 35.5. The van der Waals surface area contributed by atoms with Crippen molar-refractivity contribution in [2.75, 3.05) is 9.80 Å². The SMILES string of the molecule is CC12CCCCC1(C)N1c3cccc4c3B(c3cccc2c31)c1cccc2c1N4C1(C)CCCCC21C. The summed E-state index contributed by atoms with van der Waals surface area (Å²) in [5, 5.41) is 0. The highest BCUT2D eigenvalue weighted by molar-refractivity contribution is 7.00. The summed E-state index contributed by atoms with van der Waals surface area (Å²) in [7, 11) is 0. The van der Waals surface area contributed by atoms with Crippen LogP contribution in [0.2, 0.25) is 0 Å². The average Bonchev–Trinajstić information content (AvgIpc) is 3.25. The van der Waals surface area contributed by atoms with Gasteiger partial charge < -0.3 is 9.80 Å². The third-order valence-corrected chi connectivity index (χ3v) is 12.8. The minimum absolute atomic E-state index is 0.125. The van der Waals surface area contributed by atoms with Crippen LogP contribution in [0.5, 0.6) is 0 Å². The van der Waals surface area contributed by atoms with E-state index in [1.807, 2.05) is 0 Å². The second-order valence-electron chi connectivity index (χ2n) is 13.9. The van der Waals surface area contributed by atoms with Crippen LogP contribution in [0.25, 0.3) is 0 Å². The number of rotatable bonds is 0. The highest BCUT2D eigenvalue weighted by Gasteiger charge is 2.64. The third-order valence-electron chi connectivity index (χ3n) is 12.8. The maximum absolute atomic E-state index is 2.85. The van der Waals surface area contributed by atoms with Gasteiger partial charge in [-0.3, -0.25) is 0 Å². The number of hydrogen-bond acceptors (Lipinski definition) is 2. The van der Waals surface area contributed by atoms with E-state index in [-0.39, 0.29) is 21.9 Å². The second kappa shape index (κ2) is 6.30. The topological polar surface area (TPSA) is 6.48 Å². The van der Waals surface area contributed by atoms with Crippen molar-refractivity contribution >= 4 is 45.9 Å². The number of anilines is 4. The van der Waals surface area contributed by atoms with Crippen LogP contribution in [0.15, 0.2) is 54.6 Å². The van der Waals surface area contributed by atoms with Crippen LogP contribution < -0.4 is 26.2 Å². The number of benzene rings is 3. The van der Waals surface area contributed by atoms with Crippen molar-refractivity contribution in [1.82, 2.24) is 0 Å². The van der Waals surface area contributed by atoms with Gasteiger partial charge in [0, 0.05) is 33.6 Å². The van der Waals surface area contributed by atoms with Gasteiger partial charge in [-0.2, -0.15) is 0 Å². The molecule has 4 unspecified atom stereocenters. The van der Waals surface area contributed by atoms with Crippen molar-refractivity contribution in [2.24, 2.45) is 0 Å². The largest absolute Gasteiger partial charge is 0.335 e. The van der Waals surface area contributed by atoms with E-state index in [2.05, 4.69) is 92.1 Å². The summed E-state index contributed by atoms with van der Waals surface area (Å²) in [5.74, 6) is 0. The lowest BCUT2D eigenvalue weighted by Gasteiger charge is -2.54. The molecule has 3 aromatic carbocycles. The summed E-state index contributed by atoms with van der Waals surface area (Å²) in [4.78, 5) is 5.69. The maximum atomic E-state index is 2.85. The first-order chi connectivity index (χ1) is 17.9. The molecule has 3 heteroatoms. The molecule has 0 spiro atoms. The van der Waals surface area contributed by atoms with Crippen molar-refractivity contribution in [3.8, 4) is 0 Å². The molecule has 186 valence electrons. The lowest BCUT2D eigenvalue weighted by molar-refractivity contribution is 0.194. The Labute approximate surface area is 222 Å². The van der Waals surface area contributed by atoms with Crippen molar-refractivity contribution in [3.63, 3.8) is 0 Å². The smallest absolute Gasteiger partial charge is 0.252 e. The van der Waals surface area contributed by atoms with Gasteiger partial charge in [-0.15, -0.1) is 0 Å². The molecule has 4 heterocycles. The van der Waals surface area contributed by atoms with Gasteiger partial charge in [-0.05, 0) is 79.2 Å². The van der Waals surface area contributed by atoms with E-state index in [9.17, 15) is 0 Å².